The van der Waals surface area contributed by atoms with Crippen LogP contribution in [0.3, 0.4) is 0 Å². The van der Waals surface area contributed by atoms with Crippen LogP contribution in [-0.4, -0.2) is 37.2 Å². The molecule has 1 saturated heterocycles. The Morgan fingerprint density at radius 3 is 2.63 bits per heavy atom. The second kappa shape index (κ2) is 6.06. The maximum absolute atomic E-state index is 12.0. The van der Waals surface area contributed by atoms with Crippen molar-refractivity contribution in [3.8, 4) is 5.75 Å². The van der Waals surface area contributed by atoms with E-state index in [1.54, 1.807) is 7.11 Å². The van der Waals surface area contributed by atoms with Crippen molar-refractivity contribution >= 4 is 5.91 Å². The molecule has 1 aliphatic heterocycles. The lowest BCUT2D eigenvalue weighted by Crippen LogP contribution is -2.29. The second-order valence-corrected chi connectivity index (χ2v) is 4.78. The molecule has 1 aliphatic rings. The first kappa shape index (κ1) is 13.9. The average Bonchev–Trinajstić information content (AvgIpc) is 2.79. The van der Waals surface area contributed by atoms with Gasteiger partial charge in [0.05, 0.1) is 25.7 Å². The molecule has 2 atom stereocenters. The first-order valence-corrected chi connectivity index (χ1v) is 6.70. The minimum absolute atomic E-state index is 0.0400. The largest absolute Gasteiger partial charge is 0.497 e. The Bertz CT molecular complexity index is 430. The number of likely N-dealkylation sites (tertiary alicyclic amines) is 1. The zero-order valence-corrected chi connectivity index (χ0v) is 11.8. The van der Waals surface area contributed by atoms with Crippen LogP contribution in [0.4, 0.5) is 0 Å². The molecule has 1 fully saturated rings. The van der Waals surface area contributed by atoms with Gasteiger partial charge in [-0.3, -0.25) is 4.79 Å². The van der Waals surface area contributed by atoms with Gasteiger partial charge in [-0.15, -0.1) is 0 Å². The number of ether oxygens (including phenoxy) is 2. The van der Waals surface area contributed by atoms with Crippen molar-refractivity contribution < 1.29 is 14.3 Å². The second-order valence-electron chi connectivity index (χ2n) is 4.78. The number of carbonyl (C=O) groups is 1. The summed E-state index contributed by atoms with van der Waals surface area (Å²) in [5.41, 5.74) is 1.12. The van der Waals surface area contributed by atoms with Crippen molar-refractivity contribution in [1.29, 1.82) is 0 Å². The van der Waals surface area contributed by atoms with Gasteiger partial charge in [-0.2, -0.15) is 0 Å². The number of rotatable bonds is 5. The van der Waals surface area contributed by atoms with Crippen LogP contribution in [-0.2, 0) is 9.53 Å². The fourth-order valence-corrected chi connectivity index (χ4v) is 2.48. The Labute approximate surface area is 114 Å². The molecule has 1 heterocycles. The Morgan fingerprint density at radius 1 is 1.37 bits per heavy atom. The number of hydrogen-bond donors (Lipinski definition) is 0. The van der Waals surface area contributed by atoms with Crippen LogP contribution in [0.1, 0.15) is 31.9 Å². The molecule has 0 aliphatic carbocycles. The number of nitrogens with zero attached hydrogens (tertiary/aromatic N) is 1. The Hall–Kier alpha value is -1.55. The van der Waals surface area contributed by atoms with E-state index in [1.165, 1.54) is 0 Å². The monoisotopic (exact) mass is 263 g/mol. The van der Waals surface area contributed by atoms with Crippen LogP contribution in [0.5, 0.6) is 5.75 Å². The summed E-state index contributed by atoms with van der Waals surface area (Å²) in [7, 11) is 1.65. The molecule has 0 unspecified atom stereocenters. The van der Waals surface area contributed by atoms with Crippen molar-refractivity contribution in [3.05, 3.63) is 29.8 Å². The number of hydrogen-bond acceptors (Lipinski definition) is 3. The van der Waals surface area contributed by atoms with Crippen LogP contribution < -0.4 is 4.74 Å². The van der Waals surface area contributed by atoms with E-state index in [9.17, 15) is 4.79 Å². The molecule has 1 amide bonds. The fraction of sp³-hybridized carbons (Fsp3) is 0.533. The van der Waals surface area contributed by atoms with E-state index in [-0.39, 0.29) is 18.1 Å². The molecule has 0 N–H and O–H groups in total. The van der Waals surface area contributed by atoms with Gasteiger partial charge in [-0.1, -0.05) is 12.1 Å². The highest BCUT2D eigenvalue weighted by molar-refractivity contribution is 5.79. The summed E-state index contributed by atoms with van der Waals surface area (Å²) in [6, 6.07) is 7.93. The third kappa shape index (κ3) is 3.07. The van der Waals surface area contributed by atoms with Crippen molar-refractivity contribution in [1.82, 2.24) is 4.90 Å². The molecule has 4 heteroatoms. The molecule has 0 radical (unpaired) electrons. The smallest absolute Gasteiger partial charge is 0.225 e. The Morgan fingerprint density at radius 2 is 2.05 bits per heavy atom. The lowest BCUT2D eigenvalue weighted by Gasteiger charge is -2.25. The molecule has 1 aromatic carbocycles. The van der Waals surface area contributed by atoms with Crippen LogP contribution in [0, 0.1) is 0 Å². The summed E-state index contributed by atoms with van der Waals surface area (Å²) in [5.74, 6) is 0.998. The third-order valence-electron chi connectivity index (χ3n) is 3.59. The minimum Gasteiger partial charge on any atom is -0.497 e. The van der Waals surface area contributed by atoms with E-state index >= 15 is 0 Å². The van der Waals surface area contributed by atoms with Crippen LogP contribution >= 0.6 is 0 Å². The highest BCUT2D eigenvalue weighted by Gasteiger charge is 2.33. The molecule has 19 heavy (non-hydrogen) atoms. The van der Waals surface area contributed by atoms with Crippen LogP contribution in [0.15, 0.2) is 24.3 Å². The van der Waals surface area contributed by atoms with Crippen molar-refractivity contribution in [3.63, 3.8) is 0 Å². The van der Waals surface area contributed by atoms with Gasteiger partial charge in [0.25, 0.3) is 0 Å². The van der Waals surface area contributed by atoms with Gasteiger partial charge in [0.1, 0.15) is 5.75 Å². The summed E-state index contributed by atoms with van der Waals surface area (Å²) in [6.07, 6.45) is 0.534. The summed E-state index contributed by atoms with van der Waals surface area (Å²) in [6.45, 7) is 5.34. The molecule has 4 nitrogen and oxygen atoms in total. The molecule has 0 saturated carbocycles. The topological polar surface area (TPSA) is 38.8 Å². The zero-order chi connectivity index (χ0) is 13.8. The highest BCUT2D eigenvalue weighted by atomic mass is 16.5. The summed E-state index contributed by atoms with van der Waals surface area (Å²) in [4.78, 5) is 13.9. The quantitative estimate of drug-likeness (QED) is 0.818. The summed E-state index contributed by atoms with van der Waals surface area (Å²) < 4.78 is 10.7. The average molecular weight is 263 g/mol. The van der Waals surface area contributed by atoms with E-state index in [0.29, 0.717) is 19.6 Å². The predicted octanol–water partition coefficient (Wildman–Crippen LogP) is 2.39. The fourth-order valence-electron chi connectivity index (χ4n) is 2.48. The maximum Gasteiger partial charge on any atom is 0.225 e. The van der Waals surface area contributed by atoms with Gasteiger partial charge >= 0.3 is 0 Å². The molecule has 2 rings (SSSR count). The van der Waals surface area contributed by atoms with Gasteiger partial charge in [0, 0.05) is 13.2 Å². The molecule has 0 bridgehead atoms. The summed E-state index contributed by atoms with van der Waals surface area (Å²) >= 11 is 0. The molecular formula is C15H21NO3. The number of amides is 1. The van der Waals surface area contributed by atoms with Crippen molar-refractivity contribution in [2.24, 2.45) is 0 Å². The number of methoxy groups -OCH3 is 1. The molecule has 1 aromatic rings. The standard InChI is InChI=1S/C15H21NO3/c1-4-19-14-9-15(17)16(10-14)11(2)12-5-7-13(18-3)8-6-12/h5-8,11,14H,4,9-10H2,1-3H3/t11-,14+/m0/s1. The summed E-state index contributed by atoms with van der Waals surface area (Å²) in [5, 5.41) is 0. The zero-order valence-electron chi connectivity index (χ0n) is 11.8. The number of carbonyl (C=O) groups excluding carboxylic acids is 1. The van der Waals surface area contributed by atoms with E-state index in [2.05, 4.69) is 0 Å². The highest BCUT2D eigenvalue weighted by Crippen LogP contribution is 2.27. The Balaban J connectivity index is 2.06. The van der Waals surface area contributed by atoms with E-state index in [4.69, 9.17) is 9.47 Å². The first-order chi connectivity index (χ1) is 9.15. The predicted molar refractivity (Wildman–Crippen MR) is 73.2 cm³/mol. The van der Waals surface area contributed by atoms with Crippen LogP contribution in [0.25, 0.3) is 0 Å². The van der Waals surface area contributed by atoms with E-state index in [0.717, 1.165) is 11.3 Å². The lowest BCUT2D eigenvalue weighted by molar-refractivity contribution is -0.129. The van der Waals surface area contributed by atoms with E-state index in [1.807, 2.05) is 43.0 Å². The van der Waals surface area contributed by atoms with Gasteiger partial charge in [0.2, 0.25) is 5.91 Å². The molecule has 0 spiro atoms. The van der Waals surface area contributed by atoms with E-state index < -0.39 is 0 Å². The minimum atomic E-state index is 0.0400. The van der Waals surface area contributed by atoms with Gasteiger partial charge in [-0.05, 0) is 31.5 Å². The van der Waals surface area contributed by atoms with Crippen molar-refractivity contribution in [2.75, 3.05) is 20.3 Å². The molecule has 104 valence electrons. The normalized spacial score (nSPS) is 20.7. The third-order valence-corrected chi connectivity index (χ3v) is 3.59. The van der Waals surface area contributed by atoms with Crippen molar-refractivity contribution in [2.45, 2.75) is 32.4 Å². The van der Waals surface area contributed by atoms with Gasteiger partial charge in [-0.25, -0.2) is 0 Å². The molecule has 0 aromatic heterocycles. The number of benzene rings is 1. The molecular weight excluding hydrogens is 242 g/mol. The van der Waals surface area contributed by atoms with Gasteiger partial charge < -0.3 is 14.4 Å². The maximum atomic E-state index is 12.0. The lowest BCUT2D eigenvalue weighted by atomic mass is 10.1. The Kier molecular flexibility index (Phi) is 4.43. The first-order valence-electron chi connectivity index (χ1n) is 6.70. The van der Waals surface area contributed by atoms with Crippen LogP contribution in [0.2, 0.25) is 0 Å². The van der Waals surface area contributed by atoms with Gasteiger partial charge in [0.15, 0.2) is 0 Å². The SMILES string of the molecule is CCO[C@@H]1CC(=O)N([C@@H](C)c2ccc(OC)cc2)C1.